The number of rotatable bonds is 4. The molecule has 0 heterocycles. The topological polar surface area (TPSA) is 0 Å². The molecule has 0 aliphatic heterocycles. The van der Waals surface area contributed by atoms with Gasteiger partial charge in [-0.15, -0.1) is 0 Å². The van der Waals surface area contributed by atoms with Gasteiger partial charge in [0.1, 0.15) is 0 Å². The molecule has 1 atom stereocenters. The Morgan fingerprint density at radius 1 is 0.941 bits per heavy atom. The van der Waals surface area contributed by atoms with E-state index in [0.717, 1.165) is 6.42 Å². The van der Waals surface area contributed by atoms with Crippen LogP contribution in [-0.2, 0) is 6.42 Å². The van der Waals surface area contributed by atoms with Gasteiger partial charge in [-0.25, -0.2) is 0 Å². The van der Waals surface area contributed by atoms with E-state index in [1.807, 2.05) is 0 Å². The van der Waals surface area contributed by atoms with Gasteiger partial charge in [-0.2, -0.15) is 0 Å². The molecular weight excluding hydrogens is 204 g/mol. The summed E-state index contributed by atoms with van der Waals surface area (Å²) in [7, 11) is 0. The van der Waals surface area contributed by atoms with Crippen molar-refractivity contribution >= 4 is 0 Å². The van der Waals surface area contributed by atoms with Crippen molar-refractivity contribution in [1.82, 2.24) is 0 Å². The third-order valence-electron chi connectivity index (χ3n) is 2.95. The second kappa shape index (κ2) is 5.67. The van der Waals surface area contributed by atoms with E-state index in [4.69, 9.17) is 0 Å². The molecule has 0 aliphatic carbocycles. The maximum Gasteiger partial charge on any atom is -0.00615 e. The van der Waals surface area contributed by atoms with Gasteiger partial charge in [0.15, 0.2) is 0 Å². The summed E-state index contributed by atoms with van der Waals surface area (Å²) in [5.74, 6) is 0.570. The van der Waals surface area contributed by atoms with Crippen molar-refractivity contribution in [2.45, 2.75) is 20.3 Å². The quantitative estimate of drug-likeness (QED) is 0.719. The van der Waals surface area contributed by atoms with Crippen LogP contribution in [0.3, 0.4) is 0 Å². The van der Waals surface area contributed by atoms with Crippen LogP contribution in [0, 0.1) is 19.3 Å². The van der Waals surface area contributed by atoms with Crippen molar-refractivity contribution in [2.75, 3.05) is 0 Å². The first kappa shape index (κ1) is 11.9. The fourth-order valence-corrected chi connectivity index (χ4v) is 2.05. The maximum atomic E-state index is 2.34. The molecule has 0 heteroatoms. The third-order valence-corrected chi connectivity index (χ3v) is 2.95. The van der Waals surface area contributed by atoms with Crippen molar-refractivity contribution in [3.05, 3.63) is 77.7 Å². The Morgan fingerprint density at radius 3 is 2.24 bits per heavy atom. The van der Waals surface area contributed by atoms with Gasteiger partial charge in [-0.1, -0.05) is 67.1 Å². The molecule has 0 amide bonds. The van der Waals surface area contributed by atoms with Crippen LogP contribution in [0.15, 0.2) is 54.6 Å². The second-order valence-electron chi connectivity index (χ2n) is 4.74. The zero-order valence-corrected chi connectivity index (χ0v) is 10.6. The Labute approximate surface area is 104 Å². The lowest BCUT2D eigenvalue weighted by atomic mass is 9.94. The van der Waals surface area contributed by atoms with E-state index in [0.29, 0.717) is 5.92 Å². The predicted molar refractivity (Wildman–Crippen MR) is 73.9 cm³/mol. The molecule has 0 nitrogen and oxygen atoms in total. The Morgan fingerprint density at radius 2 is 1.59 bits per heavy atom. The number of hydrogen-bond donors (Lipinski definition) is 0. The Hall–Kier alpha value is -1.56. The van der Waals surface area contributed by atoms with E-state index >= 15 is 0 Å². The first-order valence-electron chi connectivity index (χ1n) is 6.19. The monoisotopic (exact) mass is 223 g/mol. The minimum Gasteiger partial charge on any atom is -0.0622 e. The largest absolute Gasteiger partial charge is 0.0622 e. The van der Waals surface area contributed by atoms with Crippen LogP contribution in [0.4, 0.5) is 0 Å². The van der Waals surface area contributed by atoms with Crippen molar-refractivity contribution < 1.29 is 0 Å². The number of benzene rings is 2. The summed E-state index contributed by atoms with van der Waals surface area (Å²) in [6, 6.07) is 19.4. The first-order valence-corrected chi connectivity index (χ1v) is 6.19. The number of hydrogen-bond acceptors (Lipinski definition) is 0. The number of aryl methyl sites for hydroxylation is 1. The van der Waals surface area contributed by atoms with E-state index < -0.39 is 0 Å². The molecule has 87 valence electrons. The van der Waals surface area contributed by atoms with Gasteiger partial charge in [0.05, 0.1) is 0 Å². The SMILES string of the molecule is Cc1ccc([CH]C(C)Cc2ccccc2)cc1. The van der Waals surface area contributed by atoms with Gasteiger partial charge in [0.25, 0.3) is 0 Å². The van der Waals surface area contributed by atoms with Crippen molar-refractivity contribution in [3.63, 3.8) is 0 Å². The average Bonchev–Trinajstić information content (AvgIpc) is 2.33. The molecule has 17 heavy (non-hydrogen) atoms. The summed E-state index contributed by atoms with van der Waals surface area (Å²) >= 11 is 0. The van der Waals surface area contributed by atoms with Gasteiger partial charge in [0.2, 0.25) is 0 Å². The molecule has 0 saturated carbocycles. The molecule has 0 aromatic heterocycles. The summed E-state index contributed by atoms with van der Waals surface area (Å²) in [5.41, 5.74) is 4.04. The Bertz CT molecular complexity index is 439. The molecule has 2 aromatic rings. The van der Waals surface area contributed by atoms with Gasteiger partial charge in [-0.05, 0) is 36.8 Å². The molecule has 1 unspecified atom stereocenters. The fourth-order valence-electron chi connectivity index (χ4n) is 2.05. The highest BCUT2D eigenvalue weighted by Gasteiger charge is 2.05. The van der Waals surface area contributed by atoms with Crippen molar-refractivity contribution in [3.8, 4) is 0 Å². The van der Waals surface area contributed by atoms with E-state index in [-0.39, 0.29) is 0 Å². The van der Waals surface area contributed by atoms with Crippen LogP contribution in [0.25, 0.3) is 0 Å². The normalized spacial score (nSPS) is 12.4. The smallest absolute Gasteiger partial charge is 0.00615 e. The Kier molecular flexibility index (Phi) is 3.98. The van der Waals surface area contributed by atoms with Crippen LogP contribution in [0.2, 0.25) is 0 Å². The lowest BCUT2D eigenvalue weighted by molar-refractivity contribution is 0.682. The van der Waals surface area contributed by atoms with Crippen LogP contribution in [0.1, 0.15) is 23.6 Å². The molecular formula is C17H19. The van der Waals surface area contributed by atoms with Crippen molar-refractivity contribution in [1.29, 1.82) is 0 Å². The molecule has 0 fully saturated rings. The lowest BCUT2D eigenvalue weighted by Gasteiger charge is -2.11. The van der Waals surface area contributed by atoms with E-state index in [1.54, 1.807) is 0 Å². The summed E-state index contributed by atoms with van der Waals surface area (Å²) in [4.78, 5) is 0. The third kappa shape index (κ3) is 3.74. The summed E-state index contributed by atoms with van der Waals surface area (Å²) in [6.45, 7) is 4.39. The highest BCUT2D eigenvalue weighted by molar-refractivity contribution is 5.28. The fraction of sp³-hybridized carbons (Fsp3) is 0.235. The Balaban J connectivity index is 1.93. The minimum atomic E-state index is 0.570. The molecule has 2 rings (SSSR count). The zero-order chi connectivity index (χ0) is 12.1. The van der Waals surface area contributed by atoms with Crippen LogP contribution in [-0.4, -0.2) is 0 Å². The molecule has 2 aromatic carbocycles. The molecule has 1 radical (unpaired) electrons. The highest BCUT2D eigenvalue weighted by Crippen LogP contribution is 2.16. The van der Waals surface area contributed by atoms with Gasteiger partial charge >= 0.3 is 0 Å². The summed E-state index contributed by atoms with van der Waals surface area (Å²) in [5, 5.41) is 0. The summed E-state index contributed by atoms with van der Waals surface area (Å²) < 4.78 is 0. The molecule has 0 aliphatic rings. The zero-order valence-electron chi connectivity index (χ0n) is 10.6. The molecule has 0 saturated heterocycles. The molecule has 0 spiro atoms. The first-order chi connectivity index (χ1) is 8.24. The molecule has 0 N–H and O–H groups in total. The summed E-state index contributed by atoms with van der Waals surface area (Å²) in [6.07, 6.45) is 3.45. The van der Waals surface area contributed by atoms with Crippen molar-refractivity contribution in [2.24, 2.45) is 5.92 Å². The predicted octanol–water partition coefficient (Wildman–Crippen LogP) is 4.43. The molecule has 0 bridgehead atoms. The highest BCUT2D eigenvalue weighted by atomic mass is 14.1. The van der Waals surface area contributed by atoms with Gasteiger partial charge in [-0.3, -0.25) is 0 Å². The maximum absolute atomic E-state index is 2.34. The van der Waals surface area contributed by atoms with Gasteiger partial charge in [0, 0.05) is 0 Å². The van der Waals surface area contributed by atoms with Crippen LogP contribution < -0.4 is 0 Å². The van der Waals surface area contributed by atoms with Crippen LogP contribution in [0.5, 0.6) is 0 Å². The van der Waals surface area contributed by atoms with E-state index in [2.05, 4.69) is 74.9 Å². The minimum absolute atomic E-state index is 0.570. The van der Waals surface area contributed by atoms with Gasteiger partial charge < -0.3 is 0 Å². The standard InChI is InChI=1S/C17H19/c1-14-8-10-17(11-9-14)13-15(2)12-16-6-4-3-5-7-16/h3-11,13,15H,12H2,1-2H3. The average molecular weight is 223 g/mol. The van der Waals surface area contributed by atoms with Crippen LogP contribution >= 0.6 is 0 Å². The van der Waals surface area contributed by atoms with E-state index in [9.17, 15) is 0 Å². The van der Waals surface area contributed by atoms with E-state index in [1.165, 1.54) is 16.7 Å². The second-order valence-corrected chi connectivity index (χ2v) is 4.74. The lowest BCUT2D eigenvalue weighted by Crippen LogP contribution is -2.01.